The van der Waals surface area contributed by atoms with Crippen LogP contribution >= 0.6 is 0 Å². The molecule has 2 N–H and O–H groups in total. The summed E-state index contributed by atoms with van der Waals surface area (Å²) in [5, 5.41) is 12.1. The third kappa shape index (κ3) is 2.41. The third-order valence-corrected chi connectivity index (χ3v) is 3.99. The molecule has 100 valence electrons. The van der Waals surface area contributed by atoms with Gasteiger partial charge in [-0.25, -0.2) is 4.98 Å². The molecule has 1 aliphatic carbocycles. The van der Waals surface area contributed by atoms with Crippen LogP contribution in [0.4, 0.5) is 0 Å². The maximum absolute atomic E-state index is 11.2. The molecule has 1 aliphatic rings. The van der Waals surface area contributed by atoms with E-state index in [0.717, 1.165) is 12.8 Å². The van der Waals surface area contributed by atoms with E-state index in [0.29, 0.717) is 13.0 Å². The van der Waals surface area contributed by atoms with E-state index in [1.165, 1.54) is 24.2 Å². The molecule has 1 heterocycles. The molecule has 0 aromatic carbocycles. The van der Waals surface area contributed by atoms with Crippen molar-refractivity contribution in [3.63, 3.8) is 0 Å². The van der Waals surface area contributed by atoms with Crippen LogP contribution in [0.15, 0.2) is 6.33 Å². The Morgan fingerprint density at radius 1 is 1.56 bits per heavy atom. The van der Waals surface area contributed by atoms with Gasteiger partial charge in [0.05, 0.1) is 12.0 Å². The largest absolute Gasteiger partial charge is 0.480 e. The number of likely N-dealkylation sites (N-methyl/N-ethyl adjacent to an activating group) is 1. The van der Waals surface area contributed by atoms with Gasteiger partial charge < -0.3 is 15.0 Å². The van der Waals surface area contributed by atoms with Crippen LogP contribution in [-0.4, -0.2) is 33.2 Å². The van der Waals surface area contributed by atoms with Crippen molar-refractivity contribution in [2.45, 2.75) is 51.1 Å². The minimum absolute atomic E-state index is 0.557. The minimum Gasteiger partial charge on any atom is -0.480 e. The van der Waals surface area contributed by atoms with Crippen LogP contribution in [0.25, 0.3) is 0 Å². The highest BCUT2D eigenvalue weighted by Gasteiger charge is 2.31. The molecule has 0 spiro atoms. The van der Waals surface area contributed by atoms with Crippen molar-refractivity contribution in [1.82, 2.24) is 14.9 Å². The summed E-state index contributed by atoms with van der Waals surface area (Å²) >= 11 is 0. The highest BCUT2D eigenvalue weighted by Crippen LogP contribution is 2.21. The topological polar surface area (TPSA) is 67.2 Å². The van der Waals surface area contributed by atoms with Gasteiger partial charge in [0, 0.05) is 12.2 Å². The van der Waals surface area contributed by atoms with Crippen molar-refractivity contribution in [3.8, 4) is 0 Å². The van der Waals surface area contributed by atoms with Gasteiger partial charge >= 0.3 is 5.97 Å². The highest BCUT2D eigenvalue weighted by molar-refractivity contribution is 5.78. The summed E-state index contributed by atoms with van der Waals surface area (Å²) in [6.45, 7) is 2.42. The summed E-state index contributed by atoms with van der Waals surface area (Å²) < 4.78 is 2.12. The lowest BCUT2D eigenvalue weighted by molar-refractivity contribution is -0.144. The van der Waals surface area contributed by atoms with Crippen LogP contribution < -0.4 is 5.32 Å². The number of aryl methyl sites for hydroxylation is 2. The molecule has 0 radical (unpaired) electrons. The summed E-state index contributed by atoms with van der Waals surface area (Å²) in [6, 6.07) is 0. The molecule has 0 amide bonds. The number of imidazole rings is 1. The first-order valence-electron chi connectivity index (χ1n) is 6.52. The van der Waals surface area contributed by atoms with Gasteiger partial charge in [0.1, 0.15) is 5.54 Å². The molecule has 18 heavy (non-hydrogen) atoms. The van der Waals surface area contributed by atoms with Crippen molar-refractivity contribution < 1.29 is 9.90 Å². The van der Waals surface area contributed by atoms with Gasteiger partial charge in [-0.1, -0.05) is 0 Å². The Morgan fingerprint density at radius 3 is 2.94 bits per heavy atom. The molecule has 5 heteroatoms. The van der Waals surface area contributed by atoms with Gasteiger partial charge in [-0.3, -0.25) is 4.79 Å². The van der Waals surface area contributed by atoms with E-state index in [-0.39, 0.29) is 0 Å². The van der Waals surface area contributed by atoms with Crippen molar-refractivity contribution in [1.29, 1.82) is 0 Å². The number of aliphatic carboxylic acids is 1. The quantitative estimate of drug-likeness (QED) is 0.825. The maximum Gasteiger partial charge on any atom is 0.323 e. The Hall–Kier alpha value is -1.36. The smallest absolute Gasteiger partial charge is 0.323 e. The predicted molar refractivity (Wildman–Crippen MR) is 68.6 cm³/mol. The summed E-state index contributed by atoms with van der Waals surface area (Å²) in [5.74, 6) is -0.806. The fraction of sp³-hybridized carbons (Fsp3) is 0.692. The van der Waals surface area contributed by atoms with E-state index in [9.17, 15) is 9.90 Å². The minimum atomic E-state index is -0.869. The van der Waals surface area contributed by atoms with Crippen molar-refractivity contribution in [3.05, 3.63) is 17.7 Å². The Morgan fingerprint density at radius 2 is 2.28 bits per heavy atom. The summed E-state index contributed by atoms with van der Waals surface area (Å²) in [5.41, 5.74) is 1.62. The molecule has 0 saturated heterocycles. The van der Waals surface area contributed by atoms with E-state index in [1.807, 2.05) is 6.33 Å². The molecule has 0 fully saturated rings. The van der Waals surface area contributed by atoms with Gasteiger partial charge in [-0.2, -0.15) is 0 Å². The summed E-state index contributed by atoms with van der Waals surface area (Å²) in [4.78, 5) is 15.6. The van der Waals surface area contributed by atoms with Crippen molar-refractivity contribution in [2.24, 2.45) is 0 Å². The van der Waals surface area contributed by atoms with E-state index < -0.39 is 11.5 Å². The number of hydrogen-bond acceptors (Lipinski definition) is 3. The average Bonchev–Trinajstić information content (AvgIpc) is 2.79. The van der Waals surface area contributed by atoms with Crippen molar-refractivity contribution >= 4 is 5.97 Å². The number of rotatable bonds is 5. The molecule has 1 aromatic heterocycles. The van der Waals surface area contributed by atoms with E-state index in [4.69, 9.17) is 0 Å². The second-order valence-corrected chi connectivity index (χ2v) is 5.18. The highest BCUT2D eigenvalue weighted by atomic mass is 16.4. The predicted octanol–water partition coefficient (Wildman–Crippen LogP) is 1.21. The Kier molecular flexibility index (Phi) is 3.71. The van der Waals surface area contributed by atoms with Crippen LogP contribution in [0.1, 0.15) is 37.6 Å². The first-order chi connectivity index (χ1) is 8.57. The maximum atomic E-state index is 11.2. The SMILES string of the molecule is CNC(C)(CCn1cnc2c1CCCC2)C(=O)O. The van der Waals surface area contributed by atoms with Crippen molar-refractivity contribution in [2.75, 3.05) is 7.05 Å². The zero-order valence-corrected chi connectivity index (χ0v) is 11.1. The molecule has 2 rings (SSSR count). The molecule has 1 unspecified atom stereocenters. The number of carbonyl (C=O) groups is 1. The average molecular weight is 251 g/mol. The molecule has 5 nitrogen and oxygen atoms in total. The Bertz CT molecular complexity index is 441. The van der Waals surface area contributed by atoms with Gasteiger partial charge in [0.15, 0.2) is 0 Å². The fourth-order valence-electron chi connectivity index (χ4n) is 2.41. The van der Waals surface area contributed by atoms with Crippen LogP contribution in [0.3, 0.4) is 0 Å². The lowest BCUT2D eigenvalue weighted by Crippen LogP contribution is -2.48. The summed E-state index contributed by atoms with van der Waals surface area (Å²) in [7, 11) is 1.69. The molecule has 1 aromatic rings. The normalized spacial score (nSPS) is 18.1. The number of nitrogens with one attached hydrogen (secondary N) is 1. The Labute approximate surface area is 107 Å². The van der Waals surface area contributed by atoms with E-state index in [1.54, 1.807) is 14.0 Å². The number of hydrogen-bond donors (Lipinski definition) is 2. The third-order valence-electron chi connectivity index (χ3n) is 3.99. The van der Waals surface area contributed by atoms with Crippen LogP contribution in [-0.2, 0) is 24.2 Å². The van der Waals surface area contributed by atoms with E-state index >= 15 is 0 Å². The zero-order chi connectivity index (χ0) is 13.2. The van der Waals surface area contributed by atoms with Gasteiger partial charge in [-0.05, 0) is 46.1 Å². The number of carboxylic acids is 1. The van der Waals surface area contributed by atoms with Crippen LogP contribution in [0.5, 0.6) is 0 Å². The van der Waals surface area contributed by atoms with Gasteiger partial charge in [0.2, 0.25) is 0 Å². The molecular formula is C13H21N3O2. The van der Waals surface area contributed by atoms with Gasteiger partial charge in [-0.15, -0.1) is 0 Å². The molecule has 0 aliphatic heterocycles. The monoisotopic (exact) mass is 251 g/mol. The first kappa shape index (κ1) is 13.1. The van der Waals surface area contributed by atoms with Crippen LogP contribution in [0.2, 0.25) is 0 Å². The molecule has 0 bridgehead atoms. The molecular weight excluding hydrogens is 230 g/mol. The fourth-order valence-corrected chi connectivity index (χ4v) is 2.41. The lowest BCUT2D eigenvalue weighted by Gasteiger charge is -2.25. The molecule has 0 saturated carbocycles. The zero-order valence-electron chi connectivity index (χ0n) is 11.1. The van der Waals surface area contributed by atoms with Gasteiger partial charge in [0.25, 0.3) is 0 Å². The second-order valence-electron chi connectivity index (χ2n) is 5.18. The molecule has 1 atom stereocenters. The number of aromatic nitrogens is 2. The van der Waals surface area contributed by atoms with Crippen LogP contribution in [0, 0.1) is 0 Å². The number of carboxylic acid groups (broad SMARTS) is 1. The number of fused-ring (bicyclic) bond motifs is 1. The lowest BCUT2D eigenvalue weighted by atomic mass is 9.97. The number of nitrogens with zero attached hydrogens (tertiary/aromatic N) is 2. The second kappa shape index (κ2) is 5.10. The standard InChI is InChI=1S/C13H21N3O2/c1-13(14-2,12(17)18)7-8-16-9-15-10-5-3-4-6-11(10)16/h9,14H,3-8H2,1-2H3,(H,17,18). The summed E-state index contributed by atoms with van der Waals surface area (Å²) in [6.07, 6.45) is 6.97. The Balaban J connectivity index is 2.06. The van der Waals surface area contributed by atoms with E-state index in [2.05, 4.69) is 14.9 Å². The first-order valence-corrected chi connectivity index (χ1v) is 6.52.